The first kappa shape index (κ1) is 18.9. The fourth-order valence-corrected chi connectivity index (χ4v) is 2.77. The topological polar surface area (TPSA) is 35.5 Å². The first-order valence-electron chi connectivity index (χ1n) is 7.01. The van der Waals surface area contributed by atoms with Gasteiger partial charge in [-0.15, -0.1) is 6.42 Å². The van der Waals surface area contributed by atoms with Crippen LogP contribution in [-0.4, -0.2) is 27.5 Å². The smallest absolute Gasteiger partial charge is 0.305 e. The number of hydrogen-bond acceptors (Lipinski definition) is 3. The number of carbonyl (C=O) groups is 1. The van der Waals surface area contributed by atoms with Gasteiger partial charge in [0.1, 0.15) is 0 Å². The molecule has 0 N–H and O–H groups in total. The molecule has 0 radical (unpaired) electrons. The third-order valence-electron chi connectivity index (χ3n) is 3.76. The summed E-state index contributed by atoms with van der Waals surface area (Å²) in [6.45, 7) is 11.0. The van der Waals surface area contributed by atoms with Crippen LogP contribution in [0.5, 0.6) is 0 Å². The standard InChI is InChI=1S/C16H28O3Si/c1-8-9-11-14(12-10-13-15(17)18-5)19-20(6,7)16(2,3)4/h1,9,11,14H,10,12-13H2,2-7H3/b11-9-/t14-/m1/s1. The van der Waals surface area contributed by atoms with E-state index in [9.17, 15) is 4.79 Å². The Balaban J connectivity index is 4.62. The summed E-state index contributed by atoms with van der Waals surface area (Å²) in [6, 6.07) is 0. The van der Waals surface area contributed by atoms with E-state index in [0.717, 1.165) is 12.8 Å². The number of allylic oxidation sites excluding steroid dienone is 1. The Morgan fingerprint density at radius 3 is 2.45 bits per heavy atom. The van der Waals surface area contributed by atoms with Crippen molar-refractivity contribution in [2.24, 2.45) is 0 Å². The van der Waals surface area contributed by atoms with Crippen molar-refractivity contribution in [1.82, 2.24) is 0 Å². The monoisotopic (exact) mass is 296 g/mol. The summed E-state index contributed by atoms with van der Waals surface area (Å²) in [5, 5.41) is 0.150. The van der Waals surface area contributed by atoms with Gasteiger partial charge in [0.05, 0.1) is 13.2 Å². The zero-order valence-electron chi connectivity index (χ0n) is 13.7. The average Bonchev–Trinajstić information content (AvgIpc) is 2.33. The maximum atomic E-state index is 11.1. The number of esters is 1. The lowest BCUT2D eigenvalue weighted by atomic mass is 10.1. The highest BCUT2D eigenvalue weighted by Gasteiger charge is 2.38. The van der Waals surface area contributed by atoms with Gasteiger partial charge in [0, 0.05) is 6.42 Å². The van der Waals surface area contributed by atoms with Gasteiger partial charge in [-0.3, -0.25) is 4.79 Å². The molecule has 0 aliphatic heterocycles. The van der Waals surface area contributed by atoms with Crippen LogP contribution in [0.2, 0.25) is 18.1 Å². The minimum absolute atomic E-state index is 0.0309. The molecule has 0 unspecified atom stereocenters. The second-order valence-electron chi connectivity index (χ2n) is 6.41. The molecule has 20 heavy (non-hydrogen) atoms. The molecule has 0 aromatic heterocycles. The van der Waals surface area contributed by atoms with Crippen molar-refractivity contribution in [3.63, 3.8) is 0 Å². The van der Waals surface area contributed by atoms with Gasteiger partial charge < -0.3 is 9.16 Å². The molecule has 0 amide bonds. The van der Waals surface area contributed by atoms with Gasteiger partial charge in [-0.05, 0) is 43.1 Å². The Morgan fingerprint density at radius 2 is 2.00 bits per heavy atom. The highest BCUT2D eigenvalue weighted by atomic mass is 28.4. The highest BCUT2D eigenvalue weighted by Crippen LogP contribution is 2.37. The quantitative estimate of drug-likeness (QED) is 0.406. The molecule has 0 rings (SSSR count). The van der Waals surface area contributed by atoms with Crippen molar-refractivity contribution in [3.05, 3.63) is 12.2 Å². The predicted octanol–water partition coefficient (Wildman–Crippen LogP) is 3.91. The number of hydrogen-bond donors (Lipinski definition) is 0. The number of ether oxygens (including phenoxy) is 1. The summed E-state index contributed by atoms with van der Waals surface area (Å²) in [6.07, 6.45) is 10.8. The maximum absolute atomic E-state index is 11.1. The summed E-state index contributed by atoms with van der Waals surface area (Å²) < 4.78 is 11.0. The normalized spacial score (nSPS) is 14.1. The lowest BCUT2D eigenvalue weighted by Crippen LogP contribution is -2.43. The van der Waals surface area contributed by atoms with Gasteiger partial charge in [-0.1, -0.05) is 26.7 Å². The van der Waals surface area contributed by atoms with Crippen molar-refractivity contribution in [2.75, 3.05) is 7.11 Å². The van der Waals surface area contributed by atoms with E-state index in [4.69, 9.17) is 10.8 Å². The Kier molecular flexibility index (Phi) is 7.85. The van der Waals surface area contributed by atoms with Crippen LogP contribution < -0.4 is 0 Å². The molecular weight excluding hydrogens is 268 g/mol. The van der Waals surface area contributed by atoms with Gasteiger partial charge in [-0.2, -0.15) is 0 Å². The number of rotatable bonds is 7. The first-order valence-corrected chi connectivity index (χ1v) is 9.92. The molecule has 0 bridgehead atoms. The Hall–Kier alpha value is -1.05. The number of terminal acetylenes is 1. The van der Waals surface area contributed by atoms with E-state index in [-0.39, 0.29) is 17.1 Å². The molecule has 4 heteroatoms. The third kappa shape index (κ3) is 6.92. The Bertz CT molecular complexity index is 372. The van der Waals surface area contributed by atoms with E-state index in [1.165, 1.54) is 7.11 Å². The Labute approximate surface area is 124 Å². The van der Waals surface area contributed by atoms with Gasteiger partial charge in [0.15, 0.2) is 8.32 Å². The number of methoxy groups -OCH3 is 1. The fourth-order valence-electron chi connectivity index (χ4n) is 1.46. The molecule has 0 heterocycles. The molecule has 1 atom stereocenters. The van der Waals surface area contributed by atoms with Gasteiger partial charge in [0.2, 0.25) is 0 Å². The van der Waals surface area contributed by atoms with E-state index >= 15 is 0 Å². The van der Waals surface area contributed by atoms with Crippen LogP contribution in [0.4, 0.5) is 0 Å². The van der Waals surface area contributed by atoms with Gasteiger partial charge in [0.25, 0.3) is 0 Å². The van der Waals surface area contributed by atoms with Crippen LogP contribution in [0.25, 0.3) is 0 Å². The summed E-state index contributed by atoms with van der Waals surface area (Å²) >= 11 is 0. The van der Waals surface area contributed by atoms with E-state index in [0.29, 0.717) is 6.42 Å². The van der Waals surface area contributed by atoms with Crippen molar-refractivity contribution in [3.8, 4) is 12.3 Å². The van der Waals surface area contributed by atoms with Crippen LogP contribution in [0.3, 0.4) is 0 Å². The Morgan fingerprint density at radius 1 is 1.40 bits per heavy atom. The van der Waals surface area contributed by atoms with E-state index in [1.807, 2.05) is 6.08 Å². The second-order valence-corrected chi connectivity index (χ2v) is 11.2. The van der Waals surface area contributed by atoms with Crippen molar-refractivity contribution < 1.29 is 14.0 Å². The lowest BCUT2D eigenvalue weighted by molar-refractivity contribution is -0.140. The molecule has 0 aliphatic carbocycles. The van der Waals surface area contributed by atoms with Crippen LogP contribution in [0, 0.1) is 12.3 Å². The lowest BCUT2D eigenvalue weighted by Gasteiger charge is -2.38. The predicted molar refractivity (Wildman–Crippen MR) is 85.9 cm³/mol. The third-order valence-corrected chi connectivity index (χ3v) is 8.26. The van der Waals surface area contributed by atoms with E-state index in [1.54, 1.807) is 6.08 Å². The minimum Gasteiger partial charge on any atom is -0.469 e. The highest BCUT2D eigenvalue weighted by molar-refractivity contribution is 6.74. The average molecular weight is 296 g/mol. The molecule has 0 spiro atoms. The van der Waals surface area contributed by atoms with Crippen LogP contribution in [-0.2, 0) is 14.0 Å². The number of carbonyl (C=O) groups excluding carboxylic acids is 1. The maximum Gasteiger partial charge on any atom is 0.305 e. The summed E-state index contributed by atoms with van der Waals surface area (Å²) in [5.74, 6) is 2.31. The van der Waals surface area contributed by atoms with Gasteiger partial charge >= 0.3 is 5.97 Å². The van der Waals surface area contributed by atoms with Gasteiger partial charge in [-0.25, -0.2) is 0 Å². The van der Waals surface area contributed by atoms with Crippen molar-refractivity contribution in [2.45, 2.75) is 64.3 Å². The van der Waals surface area contributed by atoms with Crippen LogP contribution in [0.15, 0.2) is 12.2 Å². The second kappa shape index (κ2) is 8.28. The fraction of sp³-hybridized carbons (Fsp3) is 0.688. The van der Waals surface area contributed by atoms with Crippen molar-refractivity contribution >= 4 is 14.3 Å². The van der Waals surface area contributed by atoms with E-state index in [2.05, 4.69) is 44.5 Å². The molecule has 0 aromatic carbocycles. The zero-order chi connectivity index (χ0) is 15.8. The first-order chi connectivity index (χ1) is 9.14. The van der Waals surface area contributed by atoms with E-state index < -0.39 is 8.32 Å². The zero-order valence-corrected chi connectivity index (χ0v) is 14.7. The summed E-state index contributed by atoms with van der Waals surface area (Å²) in [5.41, 5.74) is 0. The molecule has 0 aromatic rings. The minimum atomic E-state index is -1.84. The van der Waals surface area contributed by atoms with Crippen molar-refractivity contribution in [1.29, 1.82) is 0 Å². The largest absolute Gasteiger partial charge is 0.469 e. The molecule has 0 saturated heterocycles. The van der Waals surface area contributed by atoms with Crippen LogP contribution in [0.1, 0.15) is 40.0 Å². The molecule has 0 fully saturated rings. The SMILES string of the molecule is C#C/C=C\[C@H](CCCC(=O)OC)O[Si](C)(C)C(C)(C)C. The molecule has 0 aliphatic rings. The molecular formula is C16H28O3Si. The molecule has 3 nitrogen and oxygen atoms in total. The molecule has 114 valence electrons. The van der Waals surface area contributed by atoms with Crippen LogP contribution >= 0.6 is 0 Å². The molecule has 0 saturated carbocycles. The summed E-state index contributed by atoms with van der Waals surface area (Å²) in [4.78, 5) is 11.1. The summed E-state index contributed by atoms with van der Waals surface area (Å²) in [7, 11) is -0.433.